The van der Waals surface area contributed by atoms with Gasteiger partial charge in [-0.15, -0.1) is 0 Å². The molecular formula is C10H8N2O3. The molecule has 0 aliphatic carbocycles. The highest BCUT2D eigenvalue weighted by molar-refractivity contribution is 6.06. The Balaban J connectivity index is 2.90. The lowest BCUT2D eigenvalue weighted by Gasteiger charge is -2.04. The maximum absolute atomic E-state index is 10.9. The molecule has 0 aliphatic heterocycles. The molecule has 0 saturated carbocycles. The normalized spacial score (nSPS) is 10.4. The first-order valence-electron chi connectivity index (χ1n) is 4.20. The summed E-state index contributed by atoms with van der Waals surface area (Å²) in [6, 6.07) is 4.34. The van der Waals surface area contributed by atoms with Gasteiger partial charge < -0.3 is 15.9 Å². The molecular weight excluding hydrogens is 196 g/mol. The number of phenols is 1. The zero-order valence-electron chi connectivity index (χ0n) is 7.64. The Hall–Kier alpha value is -2.30. The number of anilines is 1. The van der Waals surface area contributed by atoms with Crippen molar-refractivity contribution in [2.24, 2.45) is 0 Å². The Bertz CT molecular complexity index is 552. The van der Waals surface area contributed by atoms with Gasteiger partial charge in [0.1, 0.15) is 11.6 Å². The predicted octanol–water partition coefficient (Wildman–Crippen LogP) is 1.22. The number of hydrogen-bond donors (Lipinski definition) is 3. The molecule has 0 bridgehead atoms. The summed E-state index contributed by atoms with van der Waals surface area (Å²) in [6.45, 7) is 0. The van der Waals surface area contributed by atoms with Crippen LogP contribution in [0.4, 0.5) is 5.82 Å². The van der Waals surface area contributed by atoms with E-state index >= 15 is 0 Å². The van der Waals surface area contributed by atoms with Crippen LogP contribution in [0.2, 0.25) is 0 Å². The Kier molecular flexibility index (Phi) is 1.93. The summed E-state index contributed by atoms with van der Waals surface area (Å²) in [4.78, 5) is 14.6. The van der Waals surface area contributed by atoms with Crippen LogP contribution in [0.1, 0.15) is 10.4 Å². The SMILES string of the molecule is Nc1ncc(C(=O)O)c2cc(O)ccc12. The third kappa shape index (κ3) is 1.43. The summed E-state index contributed by atoms with van der Waals surface area (Å²) >= 11 is 0. The van der Waals surface area contributed by atoms with Gasteiger partial charge >= 0.3 is 5.97 Å². The largest absolute Gasteiger partial charge is 0.508 e. The molecule has 76 valence electrons. The minimum absolute atomic E-state index is 0.00407. The average molecular weight is 204 g/mol. The predicted molar refractivity (Wildman–Crippen MR) is 54.8 cm³/mol. The highest BCUT2D eigenvalue weighted by Gasteiger charge is 2.11. The number of benzene rings is 1. The number of carboxylic acids is 1. The fourth-order valence-corrected chi connectivity index (χ4v) is 1.42. The molecule has 0 unspecified atom stereocenters. The van der Waals surface area contributed by atoms with E-state index in [-0.39, 0.29) is 17.1 Å². The van der Waals surface area contributed by atoms with E-state index in [2.05, 4.69) is 4.98 Å². The van der Waals surface area contributed by atoms with Gasteiger partial charge in [0, 0.05) is 17.0 Å². The van der Waals surface area contributed by atoms with Crippen molar-refractivity contribution in [1.29, 1.82) is 0 Å². The molecule has 0 aliphatic rings. The lowest BCUT2D eigenvalue weighted by molar-refractivity contribution is 0.0698. The van der Waals surface area contributed by atoms with E-state index < -0.39 is 5.97 Å². The van der Waals surface area contributed by atoms with E-state index in [0.29, 0.717) is 10.8 Å². The molecule has 1 aromatic heterocycles. The first-order valence-corrected chi connectivity index (χ1v) is 4.20. The number of hydrogen-bond acceptors (Lipinski definition) is 4. The van der Waals surface area contributed by atoms with Crippen LogP contribution in [0.3, 0.4) is 0 Å². The topological polar surface area (TPSA) is 96.4 Å². The molecule has 0 atom stereocenters. The quantitative estimate of drug-likeness (QED) is 0.649. The minimum Gasteiger partial charge on any atom is -0.508 e. The smallest absolute Gasteiger partial charge is 0.337 e. The third-order valence-corrected chi connectivity index (χ3v) is 2.13. The van der Waals surface area contributed by atoms with E-state index in [4.69, 9.17) is 10.8 Å². The molecule has 0 saturated heterocycles. The number of aromatic hydroxyl groups is 1. The molecule has 5 nitrogen and oxygen atoms in total. The van der Waals surface area contributed by atoms with Gasteiger partial charge in [-0.2, -0.15) is 0 Å². The number of nitrogens with two attached hydrogens (primary N) is 1. The maximum atomic E-state index is 10.9. The molecule has 1 aromatic carbocycles. The average Bonchev–Trinajstić information content (AvgIpc) is 2.17. The number of carboxylic acid groups (broad SMARTS) is 1. The standard InChI is InChI=1S/C10H8N2O3/c11-9-6-2-1-5(13)3-7(6)8(4-12-9)10(14)15/h1-4,13H,(H2,11,12)(H,14,15). The second kappa shape index (κ2) is 3.13. The number of pyridine rings is 1. The van der Waals surface area contributed by atoms with Crippen molar-refractivity contribution in [3.8, 4) is 5.75 Å². The van der Waals surface area contributed by atoms with E-state index in [0.717, 1.165) is 0 Å². The number of nitrogen functional groups attached to an aromatic ring is 1. The van der Waals surface area contributed by atoms with Gasteiger partial charge in [0.25, 0.3) is 0 Å². The summed E-state index contributed by atoms with van der Waals surface area (Å²) in [5.74, 6) is -0.858. The van der Waals surface area contributed by atoms with Crippen molar-refractivity contribution in [3.05, 3.63) is 30.0 Å². The molecule has 2 rings (SSSR count). The van der Waals surface area contributed by atoms with E-state index in [1.54, 1.807) is 6.07 Å². The highest BCUT2D eigenvalue weighted by atomic mass is 16.4. The molecule has 1 heterocycles. The van der Waals surface area contributed by atoms with Crippen molar-refractivity contribution in [3.63, 3.8) is 0 Å². The summed E-state index contributed by atoms with van der Waals surface area (Å²) < 4.78 is 0. The van der Waals surface area contributed by atoms with Crippen LogP contribution in [0.5, 0.6) is 5.75 Å². The van der Waals surface area contributed by atoms with Crippen molar-refractivity contribution in [1.82, 2.24) is 4.98 Å². The Morgan fingerprint density at radius 2 is 2.07 bits per heavy atom. The van der Waals surface area contributed by atoms with Crippen molar-refractivity contribution >= 4 is 22.6 Å². The summed E-state index contributed by atoms with van der Waals surface area (Å²) in [5, 5.41) is 19.1. The Morgan fingerprint density at radius 3 is 2.73 bits per heavy atom. The molecule has 4 N–H and O–H groups in total. The van der Waals surface area contributed by atoms with Gasteiger partial charge in [-0.05, 0) is 18.2 Å². The van der Waals surface area contributed by atoms with Crippen LogP contribution in [0, 0.1) is 0 Å². The minimum atomic E-state index is -1.10. The number of carbonyl (C=O) groups is 1. The number of aromatic nitrogens is 1. The van der Waals surface area contributed by atoms with Gasteiger partial charge in [0.05, 0.1) is 5.56 Å². The maximum Gasteiger partial charge on any atom is 0.337 e. The Morgan fingerprint density at radius 1 is 1.33 bits per heavy atom. The molecule has 2 aromatic rings. The molecule has 15 heavy (non-hydrogen) atoms. The number of aromatic carboxylic acids is 1. The first kappa shape index (κ1) is 9.26. The Labute approximate surface area is 84.8 Å². The van der Waals surface area contributed by atoms with Crippen molar-refractivity contribution in [2.45, 2.75) is 0 Å². The van der Waals surface area contributed by atoms with Crippen LogP contribution in [-0.2, 0) is 0 Å². The van der Waals surface area contributed by atoms with Gasteiger partial charge in [-0.1, -0.05) is 0 Å². The molecule has 0 fully saturated rings. The van der Waals surface area contributed by atoms with Crippen LogP contribution in [0.15, 0.2) is 24.4 Å². The number of fused-ring (bicyclic) bond motifs is 1. The summed E-state index contributed by atoms with van der Waals surface area (Å²) in [7, 11) is 0. The summed E-state index contributed by atoms with van der Waals surface area (Å²) in [6.07, 6.45) is 1.18. The molecule has 5 heteroatoms. The molecule has 0 amide bonds. The van der Waals surface area contributed by atoms with Crippen LogP contribution >= 0.6 is 0 Å². The lowest BCUT2D eigenvalue weighted by atomic mass is 10.1. The second-order valence-electron chi connectivity index (χ2n) is 3.09. The van der Waals surface area contributed by atoms with Crippen molar-refractivity contribution < 1.29 is 15.0 Å². The number of phenolic OH excluding ortho intramolecular Hbond substituents is 1. The monoisotopic (exact) mass is 204 g/mol. The van der Waals surface area contributed by atoms with Crippen molar-refractivity contribution in [2.75, 3.05) is 5.73 Å². The van der Waals surface area contributed by atoms with E-state index in [9.17, 15) is 9.90 Å². The second-order valence-corrected chi connectivity index (χ2v) is 3.09. The van der Waals surface area contributed by atoms with Gasteiger partial charge in [-0.25, -0.2) is 9.78 Å². The molecule has 0 spiro atoms. The molecule has 0 radical (unpaired) electrons. The van der Waals surface area contributed by atoms with Crippen LogP contribution < -0.4 is 5.73 Å². The van der Waals surface area contributed by atoms with E-state index in [1.807, 2.05) is 0 Å². The first-order chi connectivity index (χ1) is 7.09. The van der Waals surface area contributed by atoms with Gasteiger partial charge in [0.2, 0.25) is 0 Å². The highest BCUT2D eigenvalue weighted by Crippen LogP contribution is 2.26. The van der Waals surface area contributed by atoms with Crippen LogP contribution in [0.25, 0.3) is 10.8 Å². The third-order valence-electron chi connectivity index (χ3n) is 2.13. The van der Waals surface area contributed by atoms with Gasteiger partial charge in [0.15, 0.2) is 0 Å². The fourth-order valence-electron chi connectivity index (χ4n) is 1.42. The fraction of sp³-hybridized carbons (Fsp3) is 0. The lowest BCUT2D eigenvalue weighted by Crippen LogP contribution is -2.01. The number of nitrogens with zero attached hydrogens (tertiary/aromatic N) is 1. The summed E-state index contributed by atoms with van der Waals surface area (Å²) in [5.41, 5.74) is 5.61. The van der Waals surface area contributed by atoms with Gasteiger partial charge in [-0.3, -0.25) is 0 Å². The zero-order valence-corrected chi connectivity index (χ0v) is 7.64. The van der Waals surface area contributed by atoms with Crippen LogP contribution in [-0.4, -0.2) is 21.2 Å². The van der Waals surface area contributed by atoms with E-state index in [1.165, 1.54) is 18.3 Å². The zero-order chi connectivity index (χ0) is 11.0. The number of rotatable bonds is 1.